The molecule has 0 aliphatic rings. The van der Waals surface area contributed by atoms with Crippen LogP contribution in [0.4, 0.5) is 21.3 Å². The lowest BCUT2D eigenvalue weighted by atomic mass is 10.1. The highest BCUT2D eigenvalue weighted by molar-refractivity contribution is 7.93. The summed E-state index contributed by atoms with van der Waals surface area (Å²) in [6, 6.07) is 17.3. The van der Waals surface area contributed by atoms with Gasteiger partial charge in [-0.15, -0.1) is 0 Å². The van der Waals surface area contributed by atoms with Crippen LogP contribution in [-0.2, 0) is 10.0 Å². The minimum atomic E-state index is -3.73. The summed E-state index contributed by atoms with van der Waals surface area (Å²) in [5.74, 6) is 0. The van der Waals surface area contributed by atoms with E-state index < -0.39 is 10.0 Å². The zero-order chi connectivity index (χ0) is 22.9. The summed E-state index contributed by atoms with van der Waals surface area (Å²) in [7, 11) is -3.73. The van der Waals surface area contributed by atoms with Gasteiger partial charge in [-0.25, -0.2) is 18.2 Å². The second-order valence-corrected chi connectivity index (χ2v) is 10.2. The van der Waals surface area contributed by atoms with E-state index in [0.29, 0.717) is 11.2 Å². The van der Waals surface area contributed by atoms with Crippen LogP contribution < -0.4 is 15.4 Å². The number of carbonyl (C=O) groups is 1. The van der Waals surface area contributed by atoms with Crippen LogP contribution in [0.3, 0.4) is 0 Å². The number of aromatic nitrogens is 1. The molecule has 9 heteroatoms. The van der Waals surface area contributed by atoms with Crippen LogP contribution in [0.5, 0.6) is 0 Å². The molecule has 0 aliphatic carbocycles. The number of hydrogen-bond donors (Lipinski definition) is 3. The molecule has 0 spiro atoms. The number of urea groups is 1. The van der Waals surface area contributed by atoms with Gasteiger partial charge in [-0.2, -0.15) is 0 Å². The van der Waals surface area contributed by atoms with E-state index in [0.717, 1.165) is 27.1 Å². The number of rotatable bonds is 5. The Morgan fingerprint density at radius 1 is 0.875 bits per heavy atom. The Morgan fingerprint density at radius 3 is 2.34 bits per heavy atom. The maximum absolute atomic E-state index is 12.6. The minimum Gasteiger partial charge on any atom is -0.308 e. The Hall–Kier alpha value is -3.43. The molecule has 3 N–H and O–H groups in total. The molecule has 0 unspecified atom stereocenters. The van der Waals surface area contributed by atoms with Gasteiger partial charge in [0.15, 0.2) is 5.13 Å². The average Bonchev–Trinajstić information content (AvgIpc) is 3.11. The molecule has 0 saturated heterocycles. The Labute approximate surface area is 190 Å². The summed E-state index contributed by atoms with van der Waals surface area (Å²) < 4.78 is 28.5. The fraction of sp³-hybridized carbons (Fsp3) is 0.130. The number of carbonyl (C=O) groups excluding carboxylic acids is 1. The van der Waals surface area contributed by atoms with Crippen LogP contribution in [0.15, 0.2) is 65.6 Å². The molecule has 1 aromatic heterocycles. The first-order valence-electron chi connectivity index (χ1n) is 9.85. The molecule has 0 atom stereocenters. The predicted octanol–water partition coefficient (Wildman–Crippen LogP) is 5.67. The lowest BCUT2D eigenvalue weighted by Crippen LogP contribution is -2.19. The van der Waals surface area contributed by atoms with Crippen LogP contribution >= 0.6 is 11.3 Å². The Bertz CT molecular complexity index is 1410. The van der Waals surface area contributed by atoms with E-state index in [2.05, 4.69) is 20.3 Å². The van der Waals surface area contributed by atoms with E-state index in [9.17, 15) is 13.2 Å². The molecule has 4 aromatic rings. The Morgan fingerprint density at radius 2 is 1.59 bits per heavy atom. The third kappa shape index (κ3) is 4.90. The quantitative estimate of drug-likeness (QED) is 0.353. The van der Waals surface area contributed by atoms with Crippen LogP contribution in [0, 0.1) is 20.8 Å². The van der Waals surface area contributed by atoms with Gasteiger partial charge in [0.05, 0.1) is 15.1 Å². The van der Waals surface area contributed by atoms with Crippen molar-refractivity contribution in [2.45, 2.75) is 25.7 Å². The third-order valence-corrected chi connectivity index (χ3v) is 7.26. The molecule has 4 rings (SSSR count). The van der Waals surface area contributed by atoms with E-state index >= 15 is 0 Å². The molecule has 0 bridgehead atoms. The predicted molar refractivity (Wildman–Crippen MR) is 130 cm³/mol. The molecule has 1 heterocycles. The largest absolute Gasteiger partial charge is 0.323 e. The number of amides is 2. The first-order valence-corrected chi connectivity index (χ1v) is 12.1. The number of nitrogens with one attached hydrogen (secondary N) is 3. The van der Waals surface area contributed by atoms with E-state index in [4.69, 9.17) is 0 Å². The minimum absolute atomic E-state index is 0.174. The first kappa shape index (κ1) is 21.8. The summed E-state index contributed by atoms with van der Waals surface area (Å²) in [4.78, 5) is 17.0. The first-order chi connectivity index (χ1) is 15.2. The van der Waals surface area contributed by atoms with Crippen LogP contribution in [0.25, 0.3) is 10.2 Å². The molecule has 3 aromatic carbocycles. The standard InChI is InChI=1S/C23H22N4O3S2/c1-14-5-9-18(10-6-14)32(29,30)27-23-26-19-11-8-17(13-21(19)31-23)24-22(28)25-20-12-15(2)4-7-16(20)3/h4-13H,1-3H3,(H,26,27)(H2,24,25,28). The van der Waals surface area contributed by atoms with Crippen molar-refractivity contribution in [1.29, 1.82) is 0 Å². The van der Waals surface area contributed by atoms with Gasteiger partial charge >= 0.3 is 6.03 Å². The number of thiazole rings is 1. The monoisotopic (exact) mass is 466 g/mol. The summed E-state index contributed by atoms with van der Waals surface area (Å²) in [6.07, 6.45) is 0. The lowest BCUT2D eigenvalue weighted by Gasteiger charge is -2.10. The Balaban J connectivity index is 1.49. The number of benzene rings is 3. The van der Waals surface area contributed by atoms with Crippen LogP contribution in [0.2, 0.25) is 0 Å². The van der Waals surface area contributed by atoms with Crippen molar-refractivity contribution in [2.75, 3.05) is 15.4 Å². The maximum Gasteiger partial charge on any atom is 0.323 e. The molecule has 32 heavy (non-hydrogen) atoms. The lowest BCUT2D eigenvalue weighted by molar-refractivity contribution is 0.262. The molecular weight excluding hydrogens is 444 g/mol. The van der Waals surface area contributed by atoms with Gasteiger partial charge in [0.1, 0.15) is 0 Å². The SMILES string of the molecule is Cc1ccc(S(=O)(=O)Nc2nc3ccc(NC(=O)Nc4cc(C)ccc4C)cc3s2)cc1. The Kier molecular flexibility index (Phi) is 5.86. The molecule has 2 amide bonds. The fourth-order valence-electron chi connectivity index (χ4n) is 3.09. The van der Waals surface area contributed by atoms with Crippen molar-refractivity contribution in [3.63, 3.8) is 0 Å². The van der Waals surface area contributed by atoms with Gasteiger partial charge in [0, 0.05) is 11.4 Å². The average molecular weight is 467 g/mol. The zero-order valence-electron chi connectivity index (χ0n) is 17.8. The van der Waals surface area contributed by atoms with Crippen LogP contribution in [-0.4, -0.2) is 19.4 Å². The van der Waals surface area contributed by atoms with Crippen molar-refractivity contribution >= 4 is 54.1 Å². The summed E-state index contributed by atoms with van der Waals surface area (Å²) in [5, 5.41) is 5.92. The number of nitrogens with zero attached hydrogens (tertiary/aromatic N) is 1. The maximum atomic E-state index is 12.6. The van der Waals surface area contributed by atoms with Gasteiger partial charge < -0.3 is 10.6 Å². The highest BCUT2D eigenvalue weighted by atomic mass is 32.2. The normalized spacial score (nSPS) is 11.3. The topological polar surface area (TPSA) is 100 Å². The zero-order valence-corrected chi connectivity index (χ0v) is 19.4. The number of hydrogen-bond acceptors (Lipinski definition) is 5. The third-order valence-electron chi connectivity index (χ3n) is 4.84. The summed E-state index contributed by atoms with van der Waals surface area (Å²) in [6.45, 7) is 5.79. The van der Waals surface area contributed by atoms with Gasteiger partial charge in [0.25, 0.3) is 10.0 Å². The summed E-state index contributed by atoms with van der Waals surface area (Å²) in [5.41, 5.74) is 4.96. The van der Waals surface area contributed by atoms with Gasteiger partial charge in [-0.05, 0) is 68.3 Å². The van der Waals surface area contributed by atoms with Crippen molar-refractivity contribution in [3.05, 3.63) is 77.4 Å². The van der Waals surface area contributed by atoms with Gasteiger partial charge in [-0.1, -0.05) is 41.2 Å². The smallest absolute Gasteiger partial charge is 0.308 e. The van der Waals surface area contributed by atoms with Gasteiger partial charge in [-0.3, -0.25) is 4.72 Å². The number of fused-ring (bicyclic) bond motifs is 1. The van der Waals surface area contributed by atoms with Gasteiger partial charge in [0.2, 0.25) is 0 Å². The second kappa shape index (κ2) is 8.60. The molecular formula is C23H22N4O3S2. The highest BCUT2D eigenvalue weighted by Crippen LogP contribution is 2.30. The number of anilines is 3. The molecule has 0 fully saturated rings. The highest BCUT2D eigenvalue weighted by Gasteiger charge is 2.17. The molecule has 0 radical (unpaired) electrons. The molecule has 7 nitrogen and oxygen atoms in total. The molecule has 0 aliphatic heterocycles. The second-order valence-electron chi connectivity index (χ2n) is 7.52. The molecule has 0 saturated carbocycles. The fourth-order valence-corrected chi connectivity index (χ4v) is 5.23. The van der Waals surface area contributed by atoms with E-state index in [1.807, 2.05) is 39.0 Å². The van der Waals surface area contributed by atoms with E-state index in [1.54, 1.807) is 42.5 Å². The number of sulfonamides is 1. The number of aryl methyl sites for hydroxylation is 3. The van der Waals surface area contributed by atoms with Crippen molar-refractivity contribution in [3.8, 4) is 0 Å². The van der Waals surface area contributed by atoms with Crippen LogP contribution in [0.1, 0.15) is 16.7 Å². The van der Waals surface area contributed by atoms with Crippen molar-refractivity contribution in [2.24, 2.45) is 0 Å². The molecule has 164 valence electrons. The summed E-state index contributed by atoms with van der Waals surface area (Å²) >= 11 is 1.20. The van der Waals surface area contributed by atoms with Crippen molar-refractivity contribution < 1.29 is 13.2 Å². The van der Waals surface area contributed by atoms with E-state index in [-0.39, 0.29) is 16.1 Å². The van der Waals surface area contributed by atoms with E-state index in [1.165, 1.54) is 11.3 Å². The van der Waals surface area contributed by atoms with Crippen molar-refractivity contribution in [1.82, 2.24) is 4.98 Å².